The normalized spacial score (nSPS) is 10.7. The number of carbonyl (C=O) groups is 1. The summed E-state index contributed by atoms with van der Waals surface area (Å²) in [6.45, 7) is 2.00. The van der Waals surface area contributed by atoms with Gasteiger partial charge in [0.15, 0.2) is 5.78 Å². The summed E-state index contributed by atoms with van der Waals surface area (Å²) in [5.74, 6) is 0.666. The number of aromatic amines is 1. The number of H-pyrrole nitrogens is 1. The number of rotatable bonds is 4. The molecule has 4 heteroatoms. The number of ether oxygens (including phenoxy) is 1. The lowest BCUT2D eigenvalue weighted by Gasteiger charge is -2.08. The van der Waals surface area contributed by atoms with Crippen molar-refractivity contribution in [2.45, 2.75) is 13.5 Å². The number of carbonyl (C=O) groups excluding carboxylic acids is 1. The molecular formula is C16H14N2O2. The third-order valence-corrected chi connectivity index (χ3v) is 3.15. The van der Waals surface area contributed by atoms with E-state index in [-0.39, 0.29) is 5.78 Å². The van der Waals surface area contributed by atoms with Crippen molar-refractivity contribution >= 4 is 16.8 Å². The first kappa shape index (κ1) is 12.4. The van der Waals surface area contributed by atoms with E-state index >= 15 is 0 Å². The molecule has 1 N–H and O–H groups in total. The molecule has 0 bridgehead atoms. The first-order valence-electron chi connectivity index (χ1n) is 6.39. The van der Waals surface area contributed by atoms with E-state index in [2.05, 4.69) is 9.97 Å². The summed E-state index contributed by atoms with van der Waals surface area (Å²) in [7, 11) is 0. The number of benzene rings is 1. The van der Waals surface area contributed by atoms with Gasteiger partial charge in [-0.05, 0) is 18.6 Å². The fourth-order valence-corrected chi connectivity index (χ4v) is 2.16. The zero-order valence-corrected chi connectivity index (χ0v) is 11.1. The fourth-order valence-electron chi connectivity index (χ4n) is 2.16. The van der Waals surface area contributed by atoms with Crippen LogP contribution in [0.3, 0.4) is 0 Å². The van der Waals surface area contributed by atoms with Gasteiger partial charge in [-0.25, -0.2) is 4.98 Å². The minimum atomic E-state index is -0.00573. The predicted molar refractivity (Wildman–Crippen MR) is 76.9 cm³/mol. The average molecular weight is 266 g/mol. The van der Waals surface area contributed by atoms with Crippen molar-refractivity contribution in [3.05, 3.63) is 59.9 Å². The largest absolute Gasteiger partial charge is 0.488 e. The third-order valence-electron chi connectivity index (χ3n) is 3.15. The summed E-state index contributed by atoms with van der Waals surface area (Å²) in [5.41, 5.74) is 2.36. The van der Waals surface area contributed by atoms with Crippen molar-refractivity contribution in [2.24, 2.45) is 0 Å². The quantitative estimate of drug-likeness (QED) is 0.737. The summed E-state index contributed by atoms with van der Waals surface area (Å²) in [6.07, 6.45) is 3.35. The van der Waals surface area contributed by atoms with Gasteiger partial charge in [0, 0.05) is 18.0 Å². The van der Waals surface area contributed by atoms with Crippen LogP contribution in [-0.2, 0) is 6.61 Å². The molecule has 0 saturated carbocycles. The van der Waals surface area contributed by atoms with Crippen LogP contribution in [-0.4, -0.2) is 15.8 Å². The Labute approximate surface area is 116 Å². The van der Waals surface area contributed by atoms with Crippen LogP contribution in [0.15, 0.2) is 48.8 Å². The van der Waals surface area contributed by atoms with Gasteiger partial charge in [-0.1, -0.05) is 30.3 Å². The topological polar surface area (TPSA) is 55.0 Å². The average Bonchev–Trinajstić information content (AvgIpc) is 2.91. The summed E-state index contributed by atoms with van der Waals surface area (Å²) >= 11 is 0. The Morgan fingerprint density at radius 2 is 2.05 bits per heavy atom. The van der Waals surface area contributed by atoms with Gasteiger partial charge in [0.2, 0.25) is 0 Å². The molecule has 2 heterocycles. The van der Waals surface area contributed by atoms with Crippen molar-refractivity contribution in [3.63, 3.8) is 0 Å². The Bertz CT molecular complexity index is 748. The summed E-state index contributed by atoms with van der Waals surface area (Å²) < 4.78 is 5.84. The summed E-state index contributed by atoms with van der Waals surface area (Å²) in [6, 6.07) is 11.7. The van der Waals surface area contributed by atoms with Gasteiger partial charge in [0.1, 0.15) is 18.0 Å². The van der Waals surface area contributed by atoms with Crippen molar-refractivity contribution in [3.8, 4) is 5.75 Å². The second-order valence-electron chi connectivity index (χ2n) is 4.57. The van der Waals surface area contributed by atoms with Crippen LogP contribution in [0.1, 0.15) is 22.8 Å². The second-order valence-corrected chi connectivity index (χ2v) is 4.57. The number of hydrogen-bond acceptors (Lipinski definition) is 3. The molecule has 20 heavy (non-hydrogen) atoms. The Hall–Kier alpha value is -2.62. The monoisotopic (exact) mass is 266 g/mol. The van der Waals surface area contributed by atoms with Gasteiger partial charge in [-0.2, -0.15) is 0 Å². The van der Waals surface area contributed by atoms with Gasteiger partial charge in [0.25, 0.3) is 0 Å². The van der Waals surface area contributed by atoms with E-state index in [0.29, 0.717) is 23.6 Å². The molecule has 0 unspecified atom stereocenters. The molecule has 3 aromatic rings. The zero-order valence-electron chi connectivity index (χ0n) is 11.1. The van der Waals surface area contributed by atoms with Crippen LogP contribution in [0, 0.1) is 0 Å². The number of aromatic nitrogens is 2. The third kappa shape index (κ3) is 2.28. The van der Waals surface area contributed by atoms with Crippen LogP contribution in [0.5, 0.6) is 5.75 Å². The maximum atomic E-state index is 11.6. The van der Waals surface area contributed by atoms with Crippen molar-refractivity contribution < 1.29 is 9.53 Å². The Morgan fingerprint density at radius 3 is 2.80 bits per heavy atom. The van der Waals surface area contributed by atoms with Crippen molar-refractivity contribution in [1.82, 2.24) is 9.97 Å². The molecule has 4 nitrogen and oxygen atoms in total. The second kappa shape index (κ2) is 5.17. The molecule has 0 radical (unpaired) electrons. The van der Waals surface area contributed by atoms with Gasteiger partial charge < -0.3 is 9.72 Å². The van der Waals surface area contributed by atoms with Gasteiger partial charge in [-0.3, -0.25) is 4.79 Å². The number of pyridine rings is 1. The molecule has 0 fully saturated rings. The lowest BCUT2D eigenvalue weighted by atomic mass is 10.1. The number of nitrogens with zero attached hydrogens (tertiary/aromatic N) is 1. The molecule has 0 aliphatic rings. The summed E-state index contributed by atoms with van der Waals surface area (Å²) in [5, 5.41) is 0.746. The molecule has 2 aromatic heterocycles. The smallest absolute Gasteiger partial charge is 0.162 e. The van der Waals surface area contributed by atoms with E-state index in [9.17, 15) is 4.79 Å². The van der Waals surface area contributed by atoms with Gasteiger partial charge in [0.05, 0.1) is 5.39 Å². The van der Waals surface area contributed by atoms with Crippen LogP contribution >= 0.6 is 0 Å². The van der Waals surface area contributed by atoms with Crippen LogP contribution in [0.2, 0.25) is 0 Å². The molecule has 0 atom stereocenters. The number of Topliss-reactive ketones (excluding diaryl/α,β-unsaturated/α-hetero) is 1. The first-order chi connectivity index (χ1) is 9.75. The van der Waals surface area contributed by atoms with Crippen LogP contribution < -0.4 is 4.74 Å². The van der Waals surface area contributed by atoms with Crippen LogP contribution in [0.4, 0.5) is 0 Å². The van der Waals surface area contributed by atoms with Crippen molar-refractivity contribution in [2.75, 3.05) is 0 Å². The molecule has 100 valence electrons. The van der Waals surface area contributed by atoms with Crippen LogP contribution in [0.25, 0.3) is 11.0 Å². The van der Waals surface area contributed by atoms with E-state index in [1.54, 1.807) is 18.5 Å². The number of hydrogen-bond donors (Lipinski definition) is 1. The molecule has 0 amide bonds. The SMILES string of the molecule is CC(=O)c1c[nH]c2nccc(OCc3ccccc3)c12. The van der Waals surface area contributed by atoms with E-state index in [1.165, 1.54) is 6.92 Å². The molecular weight excluding hydrogens is 252 g/mol. The van der Waals surface area contributed by atoms with E-state index in [1.807, 2.05) is 30.3 Å². The number of fused-ring (bicyclic) bond motifs is 1. The lowest BCUT2D eigenvalue weighted by molar-refractivity contribution is 0.101. The standard InChI is InChI=1S/C16H14N2O2/c1-11(19)13-9-18-16-15(13)14(7-8-17-16)20-10-12-5-3-2-4-6-12/h2-9H,10H2,1H3,(H,17,18). The van der Waals surface area contributed by atoms with E-state index < -0.39 is 0 Å². The fraction of sp³-hybridized carbons (Fsp3) is 0.125. The molecule has 1 aromatic carbocycles. The molecule has 0 aliphatic heterocycles. The number of ketones is 1. The highest BCUT2D eigenvalue weighted by molar-refractivity contribution is 6.08. The first-order valence-corrected chi connectivity index (χ1v) is 6.39. The minimum absolute atomic E-state index is 0.00573. The summed E-state index contributed by atoms with van der Waals surface area (Å²) in [4.78, 5) is 18.9. The highest BCUT2D eigenvalue weighted by atomic mass is 16.5. The highest BCUT2D eigenvalue weighted by Crippen LogP contribution is 2.28. The predicted octanol–water partition coefficient (Wildman–Crippen LogP) is 3.34. The zero-order chi connectivity index (χ0) is 13.9. The van der Waals surface area contributed by atoms with Gasteiger partial charge in [-0.15, -0.1) is 0 Å². The molecule has 0 spiro atoms. The highest BCUT2D eigenvalue weighted by Gasteiger charge is 2.13. The van der Waals surface area contributed by atoms with Gasteiger partial charge >= 0.3 is 0 Å². The minimum Gasteiger partial charge on any atom is -0.488 e. The Morgan fingerprint density at radius 1 is 1.25 bits per heavy atom. The lowest BCUT2D eigenvalue weighted by Crippen LogP contribution is -1.98. The maximum absolute atomic E-state index is 11.6. The Kier molecular flexibility index (Phi) is 3.21. The maximum Gasteiger partial charge on any atom is 0.162 e. The molecule has 0 aliphatic carbocycles. The van der Waals surface area contributed by atoms with E-state index in [4.69, 9.17) is 4.74 Å². The van der Waals surface area contributed by atoms with E-state index in [0.717, 1.165) is 10.9 Å². The number of nitrogens with one attached hydrogen (secondary N) is 1. The Balaban J connectivity index is 1.95. The molecule has 0 saturated heterocycles. The van der Waals surface area contributed by atoms with Crippen molar-refractivity contribution in [1.29, 1.82) is 0 Å². The molecule has 3 rings (SSSR count).